The van der Waals surface area contributed by atoms with Gasteiger partial charge >= 0.3 is 5.97 Å². The molecule has 0 bridgehead atoms. The Hall–Kier alpha value is -1.17. The maximum absolute atomic E-state index is 10.8. The van der Waals surface area contributed by atoms with Gasteiger partial charge in [0.15, 0.2) is 0 Å². The minimum absolute atomic E-state index is 0.210. The summed E-state index contributed by atoms with van der Waals surface area (Å²) in [6.45, 7) is 1.57. The molecular weight excluding hydrogens is 278 g/mol. The Morgan fingerprint density at radius 3 is 3.00 bits per heavy atom. The van der Waals surface area contributed by atoms with Crippen molar-refractivity contribution in [3.63, 3.8) is 0 Å². The minimum atomic E-state index is -0.721. The summed E-state index contributed by atoms with van der Waals surface area (Å²) in [7, 11) is 0. The van der Waals surface area contributed by atoms with E-state index in [1.54, 1.807) is 11.3 Å². The number of thiophene rings is 2. The van der Waals surface area contributed by atoms with Gasteiger partial charge in [-0.25, -0.2) is 0 Å². The Labute approximate surface area is 120 Å². The predicted molar refractivity (Wildman–Crippen MR) is 78.0 cm³/mol. The molecule has 1 aliphatic heterocycles. The van der Waals surface area contributed by atoms with Gasteiger partial charge in [0.1, 0.15) is 0 Å². The van der Waals surface area contributed by atoms with E-state index >= 15 is 0 Å². The Balaban J connectivity index is 1.90. The Bertz CT molecular complexity index is 562. The smallest absolute Gasteiger partial charge is 0.304 e. The van der Waals surface area contributed by atoms with Gasteiger partial charge < -0.3 is 5.11 Å². The van der Waals surface area contributed by atoms with Crippen LogP contribution < -0.4 is 0 Å². The molecule has 3 nitrogen and oxygen atoms in total. The monoisotopic (exact) mass is 293 g/mol. The summed E-state index contributed by atoms with van der Waals surface area (Å²) in [6.07, 6.45) is 1.25. The van der Waals surface area contributed by atoms with Crippen molar-refractivity contribution in [2.45, 2.75) is 18.9 Å². The first kappa shape index (κ1) is 12.8. The lowest BCUT2D eigenvalue weighted by atomic mass is 9.98. The van der Waals surface area contributed by atoms with E-state index in [-0.39, 0.29) is 12.5 Å². The number of fused-ring (bicyclic) bond motifs is 1. The summed E-state index contributed by atoms with van der Waals surface area (Å²) in [6, 6.07) is 6.65. The number of carbonyl (C=O) groups is 1. The zero-order valence-electron chi connectivity index (χ0n) is 10.4. The summed E-state index contributed by atoms with van der Waals surface area (Å²) >= 11 is 3.56. The third kappa shape index (κ3) is 2.59. The van der Waals surface area contributed by atoms with E-state index in [1.807, 2.05) is 11.3 Å². The summed E-state index contributed by atoms with van der Waals surface area (Å²) in [4.78, 5) is 15.9. The Kier molecular flexibility index (Phi) is 3.68. The van der Waals surface area contributed by atoms with Crippen molar-refractivity contribution in [2.24, 2.45) is 0 Å². The minimum Gasteiger partial charge on any atom is -0.481 e. The average Bonchev–Trinajstić information content (AvgIpc) is 3.06. The zero-order chi connectivity index (χ0) is 13.2. The third-order valence-corrected chi connectivity index (χ3v) is 5.41. The highest BCUT2D eigenvalue weighted by Gasteiger charge is 2.30. The number of hydrogen-bond acceptors (Lipinski definition) is 4. The second-order valence-corrected chi connectivity index (χ2v) is 6.63. The Morgan fingerprint density at radius 2 is 2.26 bits per heavy atom. The summed E-state index contributed by atoms with van der Waals surface area (Å²) in [5.41, 5.74) is 1.36. The van der Waals surface area contributed by atoms with Gasteiger partial charge in [-0.2, -0.15) is 0 Å². The molecule has 0 aromatic carbocycles. The van der Waals surface area contributed by atoms with Gasteiger partial charge in [0, 0.05) is 22.8 Å². The second kappa shape index (κ2) is 5.45. The van der Waals surface area contributed by atoms with Crippen LogP contribution in [0.15, 0.2) is 29.0 Å². The van der Waals surface area contributed by atoms with Crippen LogP contribution in [0, 0.1) is 0 Å². The molecule has 0 radical (unpaired) electrons. The van der Waals surface area contributed by atoms with Crippen molar-refractivity contribution in [3.8, 4) is 0 Å². The standard InChI is InChI=1S/C14H15NO2S2/c16-13(17)4-7-15-6-3-11-10(5-9-19-11)14(15)12-2-1-8-18-12/h1-2,5,8-9,14H,3-4,6-7H2,(H,16,17). The van der Waals surface area contributed by atoms with Crippen LogP contribution in [0.3, 0.4) is 0 Å². The highest BCUT2D eigenvalue weighted by molar-refractivity contribution is 7.10. The molecule has 0 saturated heterocycles. The van der Waals surface area contributed by atoms with Crippen LogP contribution in [0.5, 0.6) is 0 Å². The largest absolute Gasteiger partial charge is 0.481 e. The first-order valence-electron chi connectivity index (χ1n) is 6.31. The lowest BCUT2D eigenvalue weighted by molar-refractivity contribution is -0.137. The third-order valence-electron chi connectivity index (χ3n) is 3.49. The maximum Gasteiger partial charge on any atom is 0.304 e. The number of rotatable bonds is 4. The summed E-state index contributed by atoms with van der Waals surface area (Å²) in [5.74, 6) is -0.721. The molecule has 2 aromatic rings. The van der Waals surface area contributed by atoms with Crippen LogP contribution in [0.2, 0.25) is 0 Å². The van der Waals surface area contributed by atoms with Gasteiger partial charge in [0.25, 0.3) is 0 Å². The molecule has 0 amide bonds. The fraction of sp³-hybridized carbons (Fsp3) is 0.357. The molecule has 1 unspecified atom stereocenters. The van der Waals surface area contributed by atoms with Crippen LogP contribution in [0.1, 0.15) is 27.8 Å². The summed E-state index contributed by atoms with van der Waals surface area (Å²) < 4.78 is 0. The van der Waals surface area contributed by atoms with E-state index in [0.717, 1.165) is 13.0 Å². The van der Waals surface area contributed by atoms with Crippen LogP contribution in [0.4, 0.5) is 0 Å². The molecule has 2 aromatic heterocycles. The Morgan fingerprint density at radius 1 is 1.37 bits per heavy atom. The van der Waals surface area contributed by atoms with E-state index in [2.05, 4.69) is 33.9 Å². The van der Waals surface area contributed by atoms with E-state index < -0.39 is 5.97 Å². The molecule has 19 heavy (non-hydrogen) atoms. The van der Waals surface area contributed by atoms with Crippen molar-refractivity contribution in [2.75, 3.05) is 13.1 Å². The van der Waals surface area contributed by atoms with Gasteiger partial charge in [-0.1, -0.05) is 6.07 Å². The number of aliphatic carboxylic acids is 1. The van der Waals surface area contributed by atoms with E-state index in [9.17, 15) is 4.79 Å². The van der Waals surface area contributed by atoms with Gasteiger partial charge in [0.2, 0.25) is 0 Å². The molecule has 3 rings (SSSR count). The maximum atomic E-state index is 10.8. The molecule has 5 heteroatoms. The molecular formula is C14H15NO2S2. The first-order valence-corrected chi connectivity index (χ1v) is 8.07. The molecule has 0 aliphatic carbocycles. The molecule has 1 aliphatic rings. The average molecular weight is 293 g/mol. The fourth-order valence-corrected chi connectivity index (χ4v) is 4.41. The highest BCUT2D eigenvalue weighted by atomic mass is 32.1. The molecule has 0 saturated carbocycles. The summed E-state index contributed by atoms with van der Waals surface area (Å²) in [5, 5.41) is 13.1. The molecule has 100 valence electrons. The fourth-order valence-electron chi connectivity index (χ4n) is 2.63. The molecule has 0 fully saturated rings. The predicted octanol–water partition coefficient (Wildman–Crippen LogP) is 3.23. The van der Waals surface area contributed by atoms with Crippen LogP contribution in [-0.2, 0) is 11.2 Å². The van der Waals surface area contributed by atoms with Crippen LogP contribution in [0.25, 0.3) is 0 Å². The highest BCUT2D eigenvalue weighted by Crippen LogP contribution is 2.39. The van der Waals surface area contributed by atoms with E-state index in [1.165, 1.54) is 15.3 Å². The lowest BCUT2D eigenvalue weighted by Gasteiger charge is -2.35. The van der Waals surface area contributed by atoms with Crippen LogP contribution in [-0.4, -0.2) is 29.1 Å². The number of hydrogen-bond donors (Lipinski definition) is 1. The van der Waals surface area contributed by atoms with Crippen molar-refractivity contribution in [1.82, 2.24) is 4.90 Å². The number of carboxylic acids is 1. The van der Waals surface area contributed by atoms with Gasteiger partial charge in [-0.15, -0.1) is 22.7 Å². The van der Waals surface area contributed by atoms with Crippen molar-refractivity contribution >= 4 is 28.6 Å². The topological polar surface area (TPSA) is 40.5 Å². The quantitative estimate of drug-likeness (QED) is 0.941. The number of nitrogens with zero attached hydrogens (tertiary/aromatic N) is 1. The lowest BCUT2D eigenvalue weighted by Crippen LogP contribution is -2.36. The van der Waals surface area contributed by atoms with Gasteiger partial charge in [-0.05, 0) is 34.9 Å². The molecule has 0 spiro atoms. The molecule has 3 heterocycles. The van der Waals surface area contributed by atoms with Gasteiger partial charge in [0.05, 0.1) is 12.5 Å². The number of carboxylic acid groups (broad SMARTS) is 1. The van der Waals surface area contributed by atoms with Crippen molar-refractivity contribution in [3.05, 3.63) is 44.3 Å². The second-order valence-electron chi connectivity index (χ2n) is 4.65. The zero-order valence-corrected chi connectivity index (χ0v) is 12.0. The van der Waals surface area contributed by atoms with E-state index in [4.69, 9.17) is 5.11 Å². The van der Waals surface area contributed by atoms with Gasteiger partial charge in [-0.3, -0.25) is 9.69 Å². The molecule has 1 N–H and O–H groups in total. The van der Waals surface area contributed by atoms with Crippen molar-refractivity contribution in [1.29, 1.82) is 0 Å². The molecule has 1 atom stereocenters. The first-order chi connectivity index (χ1) is 9.25. The SMILES string of the molecule is O=C(O)CCN1CCc2sccc2C1c1cccs1. The van der Waals surface area contributed by atoms with Crippen molar-refractivity contribution < 1.29 is 9.90 Å². The van der Waals surface area contributed by atoms with E-state index in [0.29, 0.717) is 6.54 Å². The normalized spacial score (nSPS) is 19.3. The van der Waals surface area contributed by atoms with Crippen LogP contribution >= 0.6 is 22.7 Å².